The Morgan fingerprint density at radius 2 is 2.07 bits per heavy atom. The number of carbonyl (C=O) groups excluding carboxylic acids is 1. The van der Waals surface area contributed by atoms with Crippen LogP contribution in [0.5, 0.6) is 0 Å². The number of thiocarbonyl (C=S) groups is 1. The number of ether oxygens (including phenoxy) is 1. The summed E-state index contributed by atoms with van der Waals surface area (Å²) in [6.45, 7) is 5.05. The van der Waals surface area contributed by atoms with Gasteiger partial charge in [-0.15, -0.1) is 0 Å². The molecule has 0 rings (SSSR count). The van der Waals surface area contributed by atoms with Gasteiger partial charge < -0.3 is 15.6 Å². The molecule has 0 aromatic carbocycles. The van der Waals surface area contributed by atoms with Crippen LogP contribution in [0.2, 0.25) is 0 Å². The predicted molar refractivity (Wildman–Crippen MR) is 56.8 cm³/mol. The van der Waals surface area contributed by atoms with E-state index in [1.165, 1.54) is 0 Å². The summed E-state index contributed by atoms with van der Waals surface area (Å²) in [6.07, 6.45) is -0.640. The molecule has 0 aliphatic rings. The molecule has 0 radical (unpaired) electrons. The van der Waals surface area contributed by atoms with Crippen molar-refractivity contribution >= 4 is 23.4 Å². The van der Waals surface area contributed by atoms with Gasteiger partial charge in [-0.3, -0.25) is 4.90 Å². The summed E-state index contributed by atoms with van der Waals surface area (Å²) >= 11 is 4.64. The smallest absolute Gasteiger partial charge is 0.416 e. The van der Waals surface area contributed by atoms with E-state index in [1.807, 2.05) is 0 Å². The Kier molecular flexibility index (Phi) is 4.79. The van der Waals surface area contributed by atoms with Gasteiger partial charge in [0.2, 0.25) is 0 Å². The van der Waals surface area contributed by atoms with Crippen molar-refractivity contribution in [3.63, 3.8) is 0 Å². The van der Waals surface area contributed by atoms with Crippen molar-refractivity contribution in [3.8, 4) is 0 Å². The van der Waals surface area contributed by atoms with E-state index >= 15 is 0 Å². The number of hydrogen-bond donors (Lipinski definition) is 2. The molecule has 0 fully saturated rings. The molecular formula is C8H16N2O3S. The average molecular weight is 220 g/mol. The third-order valence-electron chi connectivity index (χ3n) is 1.20. The molecule has 0 aliphatic carbocycles. The van der Waals surface area contributed by atoms with Crippen LogP contribution < -0.4 is 5.73 Å². The molecule has 0 aromatic rings. The number of hydrogen-bond acceptors (Lipinski definition) is 4. The summed E-state index contributed by atoms with van der Waals surface area (Å²) in [4.78, 5) is 12.4. The Morgan fingerprint density at radius 3 is 2.36 bits per heavy atom. The molecule has 6 heteroatoms. The van der Waals surface area contributed by atoms with Gasteiger partial charge in [0.05, 0.1) is 13.2 Å². The van der Waals surface area contributed by atoms with Gasteiger partial charge in [-0.25, -0.2) is 4.79 Å². The van der Waals surface area contributed by atoms with Crippen molar-refractivity contribution < 1.29 is 14.6 Å². The summed E-state index contributed by atoms with van der Waals surface area (Å²) in [5.74, 6) is 0. The molecular weight excluding hydrogens is 204 g/mol. The van der Waals surface area contributed by atoms with Crippen LogP contribution in [-0.2, 0) is 4.74 Å². The molecule has 0 saturated heterocycles. The van der Waals surface area contributed by atoms with Crippen molar-refractivity contribution in [1.82, 2.24) is 4.90 Å². The quantitative estimate of drug-likeness (QED) is 0.661. The zero-order valence-electron chi connectivity index (χ0n) is 8.61. The Hall–Kier alpha value is -0.880. The lowest BCUT2D eigenvalue weighted by atomic mass is 10.2. The Bertz CT molecular complexity index is 225. The van der Waals surface area contributed by atoms with E-state index in [0.29, 0.717) is 0 Å². The molecule has 14 heavy (non-hydrogen) atoms. The van der Waals surface area contributed by atoms with Crippen LogP contribution in [0.25, 0.3) is 0 Å². The summed E-state index contributed by atoms with van der Waals surface area (Å²) in [7, 11) is 0. The first-order chi connectivity index (χ1) is 6.28. The highest BCUT2D eigenvalue weighted by Gasteiger charge is 2.23. The monoisotopic (exact) mass is 220 g/mol. The van der Waals surface area contributed by atoms with Crippen molar-refractivity contribution in [2.75, 3.05) is 13.2 Å². The molecule has 0 unspecified atom stereocenters. The highest BCUT2D eigenvalue weighted by atomic mass is 32.1. The molecule has 0 bridgehead atoms. The molecule has 0 saturated carbocycles. The molecule has 82 valence electrons. The summed E-state index contributed by atoms with van der Waals surface area (Å²) in [5.41, 5.74) is 4.69. The highest BCUT2D eigenvalue weighted by molar-refractivity contribution is 7.80. The molecule has 0 spiro atoms. The van der Waals surface area contributed by atoms with Gasteiger partial charge in [0, 0.05) is 0 Å². The number of carbonyl (C=O) groups is 1. The second kappa shape index (κ2) is 5.11. The highest BCUT2D eigenvalue weighted by Crippen LogP contribution is 2.09. The number of nitrogens with two attached hydrogens (primary N) is 1. The largest absolute Gasteiger partial charge is 0.443 e. The number of aliphatic hydroxyl groups excluding tert-OH is 1. The van der Waals surface area contributed by atoms with Crippen LogP contribution >= 0.6 is 12.2 Å². The van der Waals surface area contributed by atoms with Crippen LogP contribution in [0.15, 0.2) is 0 Å². The van der Waals surface area contributed by atoms with Crippen LogP contribution in [-0.4, -0.2) is 40.0 Å². The number of amides is 1. The van der Waals surface area contributed by atoms with Crippen molar-refractivity contribution in [3.05, 3.63) is 0 Å². The fraction of sp³-hybridized carbons (Fsp3) is 0.750. The summed E-state index contributed by atoms with van der Waals surface area (Å²) in [5, 5.41) is 8.56. The van der Waals surface area contributed by atoms with E-state index < -0.39 is 11.7 Å². The topological polar surface area (TPSA) is 75.8 Å². The van der Waals surface area contributed by atoms with E-state index in [1.54, 1.807) is 20.8 Å². The minimum absolute atomic E-state index is 0.0459. The first kappa shape index (κ1) is 13.1. The number of nitrogens with zero attached hydrogens (tertiary/aromatic N) is 1. The molecule has 0 heterocycles. The van der Waals surface area contributed by atoms with Crippen LogP contribution in [0.3, 0.4) is 0 Å². The molecule has 5 nitrogen and oxygen atoms in total. The minimum Gasteiger partial charge on any atom is -0.443 e. The van der Waals surface area contributed by atoms with Crippen LogP contribution in [0, 0.1) is 0 Å². The lowest BCUT2D eigenvalue weighted by Crippen LogP contribution is -2.44. The first-order valence-corrected chi connectivity index (χ1v) is 4.59. The Labute approximate surface area is 88.8 Å². The zero-order chi connectivity index (χ0) is 11.4. The van der Waals surface area contributed by atoms with E-state index in [0.717, 1.165) is 4.90 Å². The van der Waals surface area contributed by atoms with E-state index in [2.05, 4.69) is 12.2 Å². The molecule has 3 N–H and O–H groups in total. The number of aliphatic hydroxyl groups is 1. The summed E-state index contributed by atoms with van der Waals surface area (Å²) in [6, 6.07) is 0. The standard InChI is InChI=1S/C8H16N2O3S/c1-8(2,3)13-7(12)10(4-5-11)6(9)14/h11H,4-5H2,1-3H3,(H2,9,14). The fourth-order valence-electron chi connectivity index (χ4n) is 0.708. The average Bonchev–Trinajstić information content (AvgIpc) is 1.95. The van der Waals surface area contributed by atoms with Crippen LogP contribution in [0.1, 0.15) is 20.8 Å². The lowest BCUT2D eigenvalue weighted by molar-refractivity contribution is 0.0350. The van der Waals surface area contributed by atoms with E-state index in [-0.39, 0.29) is 18.3 Å². The van der Waals surface area contributed by atoms with Gasteiger partial charge in [0.15, 0.2) is 5.11 Å². The van der Waals surface area contributed by atoms with Gasteiger partial charge >= 0.3 is 6.09 Å². The van der Waals surface area contributed by atoms with Crippen molar-refractivity contribution in [2.45, 2.75) is 26.4 Å². The first-order valence-electron chi connectivity index (χ1n) is 4.18. The predicted octanol–water partition coefficient (Wildman–Crippen LogP) is 0.459. The number of rotatable bonds is 2. The van der Waals surface area contributed by atoms with Crippen molar-refractivity contribution in [1.29, 1.82) is 0 Å². The third kappa shape index (κ3) is 4.98. The van der Waals surface area contributed by atoms with E-state index in [4.69, 9.17) is 15.6 Å². The maximum atomic E-state index is 11.4. The van der Waals surface area contributed by atoms with E-state index in [9.17, 15) is 4.79 Å². The maximum Gasteiger partial charge on any atom is 0.416 e. The SMILES string of the molecule is CC(C)(C)OC(=O)N(CCO)C(N)=S. The third-order valence-corrected chi connectivity index (χ3v) is 1.42. The van der Waals surface area contributed by atoms with Gasteiger partial charge in [-0.2, -0.15) is 0 Å². The zero-order valence-corrected chi connectivity index (χ0v) is 9.43. The Balaban J connectivity index is 4.38. The lowest BCUT2D eigenvalue weighted by Gasteiger charge is -2.25. The Morgan fingerprint density at radius 1 is 1.57 bits per heavy atom. The fourth-order valence-corrected chi connectivity index (χ4v) is 0.874. The maximum absolute atomic E-state index is 11.4. The molecule has 1 amide bonds. The molecule has 0 aliphatic heterocycles. The minimum atomic E-state index is -0.640. The van der Waals surface area contributed by atoms with Gasteiger partial charge in [0.1, 0.15) is 5.60 Å². The van der Waals surface area contributed by atoms with Gasteiger partial charge in [-0.1, -0.05) is 0 Å². The normalized spacial score (nSPS) is 10.9. The second-order valence-electron chi connectivity index (χ2n) is 3.69. The summed E-state index contributed by atoms with van der Waals surface area (Å²) < 4.78 is 5.02. The molecule has 0 atom stereocenters. The second-order valence-corrected chi connectivity index (χ2v) is 4.11. The van der Waals surface area contributed by atoms with Crippen LogP contribution in [0.4, 0.5) is 4.79 Å². The van der Waals surface area contributed by atoms with Gasteiger partial charge in [-0.05, 0) is 33.0 Å². The van der Waals surface area contributed by atoms with Crippen molar-refractivity contribution in [2.24, 2.45) is 5.73 Å². The van der Waals surface area contributed by atoms with Gasteiger partial charge in [0.25, 0.3) is 0 Å². The molecule has 0 aromatic heterocycles.